The lowest BCUT2D eigenvalue weighted by atomic mass is 9.64. The summed E-state index contributed by atoms with van der Waals surface area (Å²) >= 11 is 0. The lowest BCUT2D eigenvalue weighted by molar-refractivity contribution is -0.0577. The van der Waals surface area contributed by atoms with Gasteiger partial charge in [-0.15, -0.1) is 0 Å². The zero-order valence-electron chi connectivity index (χ0n) is 13.5. The number of aryl methyl sites for hydroxylation is 1. The zero-order valence-corrected chi connectivity index (χ0v) is 13.5. The molecule has 0 radical (unpaired) electrons. The molecule has 0 saturated heterocycles. The molecule has 2 heteroatoms. The second kappa shape index (κ2) is 5.40. The van der Waals surface area contributed by atoms with Crippen molar-refractivity contribution in [2.75, 3.05) is 7.11 Å². The van der Waals surface area contributed by atoms with Gasteiger partial charge in [-0.25, -0.2) is 0 Å². The number of aliphatic hydroxyl groups is 1. The van der Waals surface area contributed by atoms with Crippen LogP contribution in [0.2, 0.25) is 0 Å². The van der Waals surface area contributed by atoms with Crippen LogP contribution in [0.4, 0.5) is 0 Å². The van der Waals surface area contributed by atoms with Crippen molar-refractivity contribution in [1.82, 2.24) is 0 Å². The second-order valence-electron chi connectivity index (χ2n) is 7.57. The van der Waals surface area contributed by atoms with Crippen molar-refractivity contribution in [2.24, 2.45) is 11.3 Å². The Hall–Kier alpha value is -1.02. The van der Waals surface area contributed by atoms with Crippen molar-refractivity contribution in [3.8, 4) is 5.75 Å². The van der Waals surface area contributed by atoms with Crippen molar-refractivity contribution in [1.29, 1.82) is 0 Å². The standard InChI is InChI=1S/C18H28O2/c1-13-6-7-16(20-5)15(8-13)11-18(19)10-14(2)9-17(3,4)12-18/h6-8,14,19H,9-12H2,1-5H3. The van der Waals surface area contributed by atoms with Crippen LogP contribution in [0.25, 0.3) is 0 Å². The van der Waals surface area contributed by atoms with E-state index < -0.39 is 5.60 Å². The molecule has 1 saturated carbocycles. The molecule has 1 aromatic carbocycles. The molecule has 112 valence electrons. The molecule has 2 atom stereocenters. The van der Waals surface area contributed by atoms with Crippen LogP contribution in [-0.2, 0) is 6.42 Å². The van der Waals surface area contributed by atoms with Crippen LogP contribution in [-0.4, -0.2) is 17.8 Å². The number of methoxy groups -OCH3 is 1. The summed E-state index contributed by atoms with van der Waals surface area (Å²) in [7, 11) is 1.70. The summed E-state index contributed by atoms with van der Waals surface area (Å²) in [6.07, 6.45) is 3.63. The first kappa shape index (κ1) is 15.4. The minimum Gasteiger partial charge on any atom is -0.496 e. The molecule has 1 N–H and O–H groups in total. The fourth-order valence-corrected chi connectivity index (χ4v) is 4.23. The van der Waals surface area contributed by atoms with Gasteiger partial charge in [0.25, 0.3) is 0 Å². The van der Waals surface area contributed by atoms with Gasteiger partial charge >= 0.3 is 0 Å². The van der Waals surface area contributed by atoms with Gasteiger partial charge in [-0.3, -0.25) is 0 Å². The Morgan fingerprint density at radius 2 is 2.00 bits per heavy atom. The largest absolute Gasteiger partial charge is 0.496 e. The highest BCUT2D eigenvalue weighted by Crippen LogP contribution is 2.45. The molecule has 2 unspecified atom stereocenters. The maximum atomic E-state index is 11.1. The number of ether oxygens (including phenoxy) is 1. The van der Waals surface area contributed by atoms with E-state index >= 15 is 0 Å². The average Bonchev–Trinajstić information content (AvgIpc) is 2.24. The first-order chi connectivity index (χ1) is 9.23. The zero-order chi connectivity index (χ0) is 15.0. The highest BCUT2D eigenvalue weighted by Gasteiger charge is 2.41. The monoisotopic (exact) mass is 276 g/mol. The number of rotatable bonds is 3. The summed E-state index contributed by atoms with van der Waals surface area (Å²) < 4.78 is 5.45. The van der Waals surface area contributed by atoms with Gasteiger partial charge in [0, 0.05) is 6.42 Å². The predicted molar refractivity (Wildman–Crippen MR) is 83.2 cm³/mol. The average molecular weight is 276 g/mol. The van der Waals surface area contributed by atoms with Crippen molar-refractivity contribution in [3.05, 3.63) is 29.3 Å². The molecule has 2 nitrogen and oxygen atoms in total. The van der Waals surface area contributed by atoms with E-state index in [0.717, 1.165) is 24.2 Å². The Bertz CT molecular complexity index is 478. The van der Waals surface area contributed by atoms with E-state index in [9.17, 15) is 5.11 Å². The number of hydrogen-bond acceptors (Lipinski definition) is 2. The van der Waals surface area contributed by atoms with Gasteiger partial charge in [-0.1, -0.05) is 38.5 Å². The van der Waals surface area contributed by atoms with Crippen molar-refractivity contribution in [2.45, 2.75) is 59.0 Å². The van der Waals surface area contributed by atoms with Crippen LogP contribution in [0.3, 0.4) is 0 Å². The number of benzene rings is 1. The van der Waals surface area contributed by atoms with Crippen LogP contribution >= 0.6 is 0 Å². The Morgan fingerprint density at radius 3 is 2.60 bits per heavy atom. The molecule has 1 aliphatic rings. The van der Waals surface area contributed by atoms with Crippen molar-refractivity contribution in [3.63, 3.8) is 0 Å². The fourth-order valence-electron chi connectivity index (χ4n) is 4.23. The van der Waals surface area contributed by atoms with Crippen molar-refractivity contribution >= 4 is 0 Å². The van der Waals surface area contributed by atoms with Gasteiger partial charge < -0.3 is 9.84 Å². The molecule has 2 rings (SSSR count). The third-order valence-electron chi connectivity index (χ3n) is 4.39. The van der Waals surface area contributed by atoms with Crippen LogP contribution in [0.1, 0.15) is 51.2 Å². The molecule has 1 fully saturated rings. The third-order valence-corrected chi connectivity index (χ3v) is 4.39. The Balaban J connectivity index is 2.26. The minimum atomic E-state index is -0.609. The van der Waals surface area contributed by atoms with Gasteiger partial charge in [0.05, 0.1) is 12.7 Å². The van der Waals surface area contributed by atoms with Crippen LogP contribution < -0.4 is 4.74 Å². The van der Waals surface area contributed by atoms with E-state index in [-0.39, 0.29) is 5.41 Å². The summed E-state index contributed by atoms with van der Waals surface area (Å²) in [6.45, 7) is 8.86. The first-order valence-corrected chi connectivity index (χ1v) is 7.59. The van der Waals surface area contributed by atoms with E-state index in [1.165, 1.54) is 12.0 Å². The summed E-state index contributed by atoms with van der Waals surface area (Å²) in [5.41, 5.74) is 1.94. The summed E-state index contributed by atoms with van der Waals surface area (Å²) in [5, 5.41) is 11.1. The van der Waals surface area contributed by atoms with E-state index in [4.69, 9.17) is 4.74 Å². The molecule has 0 heterocycles. The third kappa shape index (κ3) is 3.54. The quantitative estimate of drug-likeness (QED) is 0.899. The Kier molecular flexibility index (Phi) is 4.15. The molecule has 0 aromatic heterocycles. The SMILES string of the molecule is COc1ccc(C)cc1CC1(O)CC(C)CC(C)(C)C1. The minimum absolute atomic E-state index is 0.212. The van der Waals surface area contributed by atoms with E-state index in [2.05, 4.69) is 39.8 Å². The smallest absolute Gasteiger partial charge is 0.122 e. The topological polar surface area (TPSA) is 29.5 Å². The lowest BCUT2D eigenvalue weighted by Gasteiger charge is -2.45. The van der Waals surface area contributed by atoms with Crippen molar-refractivity contribution < 1.29 is 9.84 Å². The van der Waals surface area contributed by atoms with Gasteiger partial charge in [0.2, 0.25) is 0 Å². The van der Waals surface area contributed by atoms with E-state index in [0.29, 0.717) is 12.3 Å². The van der Waals surface area contributed by atoms with Crippen LogP contribution in [0.15, 0.2) is 18.2 Å². The number of hydrogen-bond donors (Lipinski definition) is 1. The van der Waals surface area contributed by atoms with Gasteiger partial charge in [-0.05, 0) is 49.1 Å². The lowest BCUT2D eigenvalue weighted by Crippen LogP contribution is -2.43. The molecular formula is C18H28O2. The van der Waals surface area contributed by atoms with Crippen LogP contribution in [0, 0.1) is 18.3 Å². The molecule has 20 heavy (non-hydrogen) atoms. The molecule has 1 aromatic rings. The maximum Gasteiger partial charge on any atom is 0.122 e. The van der Waals surface area contributed by atoms with Crippen LogP contribution in [0.5, 0.6) is 5.75 Å². The van der Waals surface area contributed by atoms with Gasteiger partial charge in [0.1, 0.15) is 5.75 Å². The maximum absolute atomic E-state index is 11.1. The van der Waals surface area contributed by atoms with E-state index in [1.54, 1.807) is 7.11 Å². The van der Waals surface area contributed by atoms with E-state index in [1.807, 2.05) is 6.07 Å². The summed E-state index contributed by atoms with van der Waals surface area (Å²) in [4.78, 5) is 0. The highest BCUT2D eigenvalue weighted by molar-refractivity contribution is 5.38. The molecule has 0 bridgehead atoms. The molecule has 0 aliphatic heterocycles. The van der Waals surface area contributed by atoms with Gasteiger partial charge in [-0.2, -0.15) is 0 Å². The Labute approximate surface area is 123 Å². The van der Waals surface area contributed by atoms with Gasteiger partial charge in [0.15, 0.2) is 0 Å². The second-order valence-corrected chi connectivity index (χ2v) is 7.57. The summed E-state index contributed by atoms with van der Waals surface area (Å²) in [6, 6.07) is 6.20. The first-order valence-electron chi connectivity index (χ1n) is 7.59. The molecule has 0 amide bonds. The molecule has 0 spiro atoms. The predicted octanol–water partition coefficient (Wildman–Crippen LogP) is 4.12. The fraction of sp³-hybridized carbons (Fsp3) is 0.667. The highest BCUT2D eigenvalue weighted by atomic mass is 16.5. The summed E-state index contributed by atoms with van der Waals surface area (Å²) in [5.74, 6) is 1.46. The normalized spacial score (nSPS) is 29.2. The molecule has 1 aliphatic carbocycles. The Morgan fingerprint density at radius 1 is 1.30 bits per heavy atom. The molecular weight excluding hydrogens is 248 g/mol.